The topological polar surface area (TPSA) is 101 Å². The largest absolute Gasteiger partial charge is 0.493 e. The van der Waals surface area contributed by atoms with Crippen molar-refractivity contribution in [3.05, 3.63) is 46.1 Å². The average molecular weight is 630 g/mol. The van der Waals surface area contributed by atoms with Crippen molar-refractivity contribution < 1.29 is 42.5 Å². The van der Waals surface area contributed by atoms with E-state index < -0.39 is 17.4 Å². The van der Waals surface area contributed by atoms with Crippen molar-refractivity contribution in [2.45, 2.75) is 78.5 Å². The van der Waals surface area contributed by atoms with Crippen molar-refractivity contribution in [1.29, 1.82) is 0 Å². The van der Waals surface area contributed by atoms with Crippen LogP contribution in [0.1, 0.15) is 80.6 Å². The lowest BCUT2D eigenvalue weighted by Crippen LogP contribution is -2.28. The van der Waals surface area contributed by atoms with E-state index in [0.717, 1.165) is 16.5 Å². The monoisotopic (exact) mass is 629 g/mol. The van der Waals surface area contributed by atoms with Gasteiger partial charge in [-0.3, -0.25) is 14.4 Å². The number of fused-ring (bicyclic) bond motifs is 2. The zero-order valence-corrected chi connectivity index (χ0v) is 27.0. The first-order valence-electron chi connectivity index (χ1n) is 14.7. The van der Waals surface area contributed by atoms with Gasteiger partial charge in [-0.1, -0.05) is 6.92 Å². The minimum atomic E-state index is -0.627. The third-order valence-corrected chi connectivity index (χ3v) is 8.11. The Hall–Kier alpha value is -3.86. The number of carbonyl (C=O) groups excluding carboxylic acids is 3. The smallest absolute Gasteiger partial charge is 0.306 e. The van der Waals surface area contributed by atoms with Gasteiger partial charge < -0.3 is 28.6 Å². The highest BCUT2D eigenvalue weighted by Gasteiger charge is 2.30. The number of nitrogens with zero attached hydrogens (tertiary/aromatic N) is 1. The van der Waals surface area contributed by atoms with Gasteiger partial charge in [0.05, 0.1) is 38.7 Å². The molecule has 0 atom stereocenters. The molecule has 0 radical (unpaired) electrons. The Morgan fingerprint density at radius 3 is 2.32 bits per heavy atom. The molecule has 0 bridgehead atoms. The van der Waals surface area contributed by atoms with Gasteiger partial charge in [0, 0.05) is 48.7 Å². The van der Waals surface area contributed by atoms with Crippen LogP contribution in [-0.4, -0.2) is 55.6 Å². The SMILES string of the molecule is CCCC(=O)c1cc2cc(OCCCOc3c(OC)cc4c(c3F)CN(C(=O)CCC(=O)OC(C)(C)C)C4)c(OC)cc2s1. The van der Waals surface area contributed by atoms with Crippen molar-refractivity contribution in [2.24, 2.45) is 0 Å². The summed E-state index contributed by atoms with van der Waals surface area (Å²) in [5, 5.41) is 0.906. The summed E-state index contributed by atoms with van der Waals surface area (Å²) in [5.41, 5.74) is 0.377. The van der Waals surface area contributed by atoms with Crippen molar-refractivity contribution in [1.82, 2.24) is 4.90 Å². The molecule has 4 rings (SSSR count). The first-order valence-corrected chi connectivity index (χ1v) is 15.5. The molecular formula is C33H40FNO8S. The molecule has 2 heterocycles. The van der Waals surface area contributed by atoms with Crippen molar-refractivity contribution in [3.63, 3.8) is 0 Å². The zero-order valence-electron chi connectivity index (χ0n) is 26.2. The van der Waals surface area contributed by atoms with Crippen LogP contribution in [0.25, 0.3) is 10.1 Å². The molecule has 3 aromatic rings. The molecule has 1 aromatic heterocycles. The molecule has 0 spiro atoms. The van der Waals surface area contributed by atoms with E-state index >= 15 is 4.39 Å². The third kappa shape index (κ3) is 7.99. The van der Waals surface area contributed by atoms with Crippen LogP contribution in [0, 0.1) is 5.82 Å². The van der Waals surface area contributed by atoms with Gasteiger partial charge in [-0.25, -0.2) is 4.39 Å². The zero-order chi connectivity index (χ0) is 32.0. The second-order valence-electron chi connectivity index (χ2n) is 11.6. The van der Waals surface area contributed by atoms with E-state index in [4.69, 9.17) is 23.7 Å². The highest BCUT2D eigenvalue weighted by molar-refractivity contribution is 7.20. The molecule has 0 fully saturated rings. The molecule has 0 saturated heterocycles. The van der Waals surface area contributed by atoms with Gasteiger partial charge >= 0.3 is 5.97 Å². The summed E-state index contributed by atoms with van der Waals surface area (Å²) < 4.78 is 44.5. The summed E-state index contributed by atoms with van der Waals surface area (Å²) >= 11 is 1.44. The molecule has 238 valence electrons. The number of benzene rings is 2. The van der Waals surface area contributed by atoms with Crippen molar-refractivity contribution in [3.8, 4) is 23.0 Å². The number of thiophene rings is 1. The van der Waals surface area contributed by atoms with Crippen molar-refractivity contribution >= 4 is 39.1 Å². The minimum absolute atomic E-state index is 0.0177. The fraction of sp³-hybridized carbons (Fsp3) is 0.485. The van der Waals surface area contributed by atoms with Crippen LogP contribution >= 0.6 is 11.3 Å². The molecule has 0 aliphatic carbocycles. The van der Waals surface area contributed by atoms with Gasteiger partial charge in [0.25, 0.3) is 0 Å². The molecule has 1 aliphatic heterocycles. The summed E-state index contributed by atoms with van der Waals surface area (Å²) in [5.74, 6) is 0.175. The number of esters is 1. The van der Waals surface area contributed by atoms with Crippen LogP contribution in [-0.2, 0) is 27.4 Å². The molecule has 0 unspecified atom stereocenters. The maximum atomic E-state index is 15.6. The van der Waals surface area contributed by atoms with Crippen LogP contribution in [0.4, 0.5) is 4.39 Å². The van der Waals surface area contributed by atoms with Gasteiger partial charge in [0.1, 0.15) is 5.60 Å². The second kappa shape index (κ2) is 14.3. The molecule has 0 saturated carbocycles. The number of ketones is 1. The third-order valence-electron chi connectivity index (χ3n) is 6.97. The number of carbonyl (C=O) groups is 3. The molecule has 1 aliphatic rings. The molecular weight excluding hydrogens is 589 g/mol. The summed E-state index contributed by atoms with van der Waals surface area (Å²) in [4.78, 5) is 39.4. The van der Waals surface area contributed by atoms with Gasteiger partial charge in [0.2, 0.25) is 5.91 Å². The first kappa shape index (κ1) is 33.0. The van der Waals surface area contributed by atoms with E-state index in [1.807, 2.05) is 25.1 Å². The Balaban J connectivity index is 1.34. The average Bonchev–Trinajstić information content (AvgIpc) is 3.59. The number of hydrogen-bond acceptors (Lipinski definition) is 9. The van der Waals surface area contributed by atoms with E-state index in [-0.39, 0.29) is 62.3 Å². The van der Waals surface area contributed by atoms with E-state index in [1.165, 1.54) is 23.3 Å². The Morgan fingerprint density at radius 2 is 1.64 bits per heavy atom. The Morgan fingerprint density at radius 1 is 0.909 bits per heavy atom. The summed E-state index contributed by atoms with van der Waals surface area (Å²) in [6.45, 7) is 8.01. The normalized spacial score (nSPS) is 12.7. The highest BCUT2D eigenvalue weighted by atomic mass is 32.1. The summed E-state index contributed by atoms with van der Waals surface area (Å²) in [6.07, 6.45) is 1.68. The molecule has 1 amide bonds. The quantitative estimate of drug-likeness (QED) is 0.108. The van der Waals surface area contributed by atoms with Gasteiger partial charge in [0.15, 0.2) is 34.6 Å². The lowest BCUT2D eigenvalue weighted by atomic mass is 10.1. The van der Waals surface area contributed by atoms with Crippen LogP contribution < -0.4 is 18.9 Å². The van der Waals surface area contributed by atoms with Crippen molar-refractivity contribution in [2.75, 3.05) is 27.4 Å². The molecule has 0 N–H and O–H groups in total. The maximum Gasteiger partial charge on any atom is 0.306 e. The standard InChI is InChI=1S/C33H40FNO8S/c1-7-9-23(36)28-16-20-14-25(24(39-5)17-27(20)44-28)41-12-8-13-42-32-26(40-6)15-21-18-35(19-22(21)31(32)34)29(37)10-11-30(38)43-33(2,3)4/h14-17H,7-13,18-19H2,1-6H3. The number of Topliss-reactive ketones (excluding diaryl/α,β-unsaturated/α-hetero) is 1. The molecule has 44 heavy (non-hydrogen) atoms. The van der Waals surface area contributed by atoms with E-state index in [0.29, 0.717) is 40.3 Å². The molecule has 11 heteroatoms. The minimum Gasteiger partial charge on any atom is -0.493 e. The number of halogens is 1. The molecule has 2 aromatic carbocycles. The Kier molecular flexibility index (Phi) is 10.7. The summed E-state index contributed by atoms with van der Waals surface area (Å²) in [6, 6.07) is 7.29. The predicted molar refractivity (Wildman–Crippen MR) is 166 cm³/mol. The van der Waals surface area contributed by atoms with E-state index in [2.05, 4.69) is 0 Å². The highest BCUT2D eigenvalue weighted by Crippen LogP contribution is 2.40. The second-order valence-corrected chi connectivity index (χ2v) is 12.7. The maximum absolute atomic E-state index is 15.6. The Bertz CT molecular complexity index is 1530. The first-order chi connectivity index (χ1) is 20.9. The number of methoxy groups -OCH3 is 2. The van der Waals surface area contributed by atoms with Gasteiger partial charge in [-0.15, -0.1) is 11.3 Å². The fourth-order valence-corrected chi connectivity index (χ4v) is 5.95. The molecule has 9 nitrogen and oxygen atoms in total. The van der Waals surface area contributed by atoms with Crippen LogP contribution in [0.3, 0.4) is 0 Å². The lowest BCUT2D eigenvalue weighted by molar-refractivity contribution is -0.156. The van der Waals surface area contributed by atoms with Gasteiger partial charge in [-0.2, -0.15) is 0 Å². The van der Waals surface area contributed by atoms with Crippen LogP contribution in [0.5, 0.6) is 23.0 Å². The van der Waals surface area contributed by atoms with E-state index in [1.54, 1.807) is 33.9 Å². The number of rotatable bonds is 14. The number of hydrogen-bond donors (Lipinski definition) is 0. The fourth-order valence-electron chi connectivity index (χ4n) is 4.91. The van der Waals surface area contributed by atoms with Crippen LogP contribution in [0.2, 0.25) is 0 Å². The number of ether oxygens (including phenoxy) is 5. The number of amides is 1. The predicted octanol–water partition coefficient (Wildman–Crippen LogP) is 6.85. The summed E-state index contributed by atoms with van der Waals surface area (Å²) in [7, 11) is 3.00. The van der Waals surface area contributed by atoms with E-state index in [9.17, 15) is 14.4 Å². The Labute approximate surface area is 261 Å². The lowest BCUT2D eigenvalue weighted by Gasteiger charge is -2.20. The van der Waals surface area contributed by atoms with Gasteiger partial charge in [-0.05, 0) is 56.3 Å². The van der Waals surface area contributed by atoms with Crippen LogP contribution in [0.15, 0.2) is 24.3 Å².